The first kappa shape index (κ1) is 15.5. The fraction of sp³-hybridized carbons (Fsp3) is 0.533. The number of hydrogen-bond donors (Lipinski definition) is 1. The maximum Gasteiger partial charge on any atom is 0.249 e. The lowest BCUT2D eigenvalue weighted by molar-refractivity contribution is -0.131. The van der Waals surface area contributed by atoms with E-state index in [2.05, 4.69) is 19.2 Å². The molecule has 0 saturated heterocycles. The van der Waals surface area contributed by atoms with Crippen molar-refractivity contribution >= 4 is 5.91 Å². The standard InChI is InChI=1S/C15H23NO3/c1-10(2)14(16-15(17)11(3)18-4)12-6-8-13(19-5)9-7-12/h6-11,14H,1-5H3,(H,16,17)/t11-,14+/m0/s1. The van der Waals surface area contributed by atoms with E-state index in [0.29, 0.717) is 5.92 Å². The first-order valence-corrected chi connectivity index (χ1v) is 6.46. The van der Waals surface area contributed by atoms with Crippen LogP contribution in [0.1, 0.15) is 32.4 Å². The predicted molar refractivity (Wildman–Crippen MR) is 75.2 cm³/mol. The molecule has 1 aromatic rings. The van der Waals surface area contributed by atoms with Crippen molar-refractivity contribution in [1.82, 2.24) is 5.32 Å². The number of carbonyl (C=O) groups excluding carboxylic acids is 1. The lowest BCUT2D eigenvalue weighted by Gasteiger charge is -2.24. The molecule has 0 heterocycles. The maximum atomic E-state index is 11.9. The summed E-state index contributed by atoms with van der Waals surface area (Å²) in [5.41, 5.74) is 1.06. The van der Waals surface area contributed by atoms with E-state index in [-0.39, 0.29) is 11.9 Å². The van der Waals surface area contributed by atoms with Gasteiger partial charge in [-0.2, -0.15) is 0 Å². The molecular formula is C15H23NO3. The van der Waals surface area contributed by atoms with Crippen LogP contribution in [0.3, 0.4) is 0 Å². The number of benzene rings is 1. The van der Waals surface area contributed by atoms with Gasteiger partial charge in [-0.05, 0) is 30.5 Å². The van der Waals surface area contributed by atoms with E-state index in [0.717, 1.165) is 11.3 Å². The SMILES string of the molecule is COc1ccc([C@H](NC(=O)[C@H](C)OC)C(C)C)cc1. The van der Waals surface area contributed by atoms with Crippen LogP contribution in [0.15, 0.2) is 24.3 Å². The van der Waals surface area contributed by atoms with Crippen LogP contribution in [-0.4, -0.2) is 26.2 Å². The van der Waals surface area contributed by atoms with Crippen LogP contribution in [0.2, 0.25) is 0 Å². The molecule has 0 fully saturated rings. The third-order valence-electron chi connectivity index (χ3n) is 3.16. The van der Waals surface area contributed by atoms with Crippen LogP contribution in [0.4, 0.5) is 0 Å². The van der Waals surface area contributed by atoms with Crippen LogP contribution < -0.4 is 10.1 Å². The Bertz CT molecular complexity index is 400. The number of methoxy groups -OCH3 is 2. The summed E-state index contributed by atoms with van der Waals surface area (Å²) in [5.74, 6) is 1.00. The normalized spacial score (nSPS) is 14.0. The Morgan fingerprint density at radius 3 is 2.11 bits per heavy atom. The summed E-state index contributed by atoms with van der Waals surface area (Å²) in [6.45, 7) is 5.89. The van der Waals surface area contributed by atoms with E-state index in [1.54, 1.807) is 14.0 Å². The van der Waals surface area contributed by atoms with E-state index in [4.69, 9.17) is 9.47 Å². The Morgan fingerprint density at radius 2 is 1.68 bits per heavy atom. The highest BCUT2D eigenvalue weighted by Crippen LogP contribution is 2.24. The Kier molecular flexibility index (Phi) is 5.83. The second kappa shape index (κ2) is 7.14. The smallest absolute Gasteiger partial charge is 0.249 e. The van der Waals surface area contributed by atoms with Crippen LogP contribution >= 0.6 is 0 Å². The Morgan fingerprint density at radius 1 is 1.11 bits per heavy atom. The second-order valence-electron chi connectivity index (χ2n) is 4.88. The molecule has 0 saturated carbocycles. The fourth-order valence-corrected chi connectivity index (χ4v) is 1.82. The van der Waals surface area contributed by atoms with Crippen LogP contribution in [0.5, 0.6) is 5.75 Å². The van der Waals surface area contributed by atoms with Crippen molar-refractivity contribution in [3.05, 3.63) is 29.8 Å². The summed E-state index contributed by atoms with van der Waals surface area (Å²) >= 11 is 0. The van der Waals surface area contributed by atoms with Gasteiger partial charge in [0.25, 0.3) is 0 Å². The van der Waals surface area contributed by atoms with Gasteiger partial charge in [-0.15, -0.1) is 0 Å². The van der Waals surface area contributed by atoms with Crippen LogP contribution in [-0.2, 0) is 9.53 Å². The molecule has 19 heavy (non-hydrogen) atoms. The van der Waals surface area contributed by atoms with E-state index in [9.17, 15) is 4.79 Å². The number of hydrogen-bond acceptors (Lipinski definition) is 3. The summed E-state index contributed by atoms with van der Waals surface area (Å²) in [4.78, 5) is 11.9. The Labute approximate surface area is 115 Å². The van der Waals surface area contributed by atoms with Gasteiger partial charge in [0.05, 0.1) is 13.2 Å². The van der Waals surface area contributed by atoms with Crippen molar-refractivity contribution in [1.29, 1.82) is 0 Å². The number of ether oxygens (including phenoxy) is 2. The third-order valence-corrected chi connectivity index (χ3v) is 3.16. The van der Waals surface area contributed by atoms with E-state index >= 15 is 0 Å². The zero-order chi connectivity index (χ0) is 14.4. The van der Waals surface area contributed by atoms with Gasteiger partial charge in [0, 0.05) is 7.11 Å². The summed E-state index contributed by atoms with van der Waals surface area (Å²) in [6.07, 6.45) is -0.445. The van der Waals surface area contributed by atoms with Crippen molar-refractivity contribution in [3.8, 4) is 5.75 Å². The molecular weight excluding hydrogens is 242 g/mol. The van der Waals surface area contributed by atoms with Crippen molar-refractivity contribution in [2.24, 2.45) is 5.92 Å². The maximum absolute atomic E-state index is 11.9. The van der Waals surface area contributed by atoms with Crippen molar-refractivity contribution in [2.45, 2.75) is 32.9 Å². The number of amides is 1. The molecule has 0 aliphatic heterocycles. The molecule has 1 aromatic carbocycles. The van der Waals surface area contributed by atoms with E-state index in [1.807, 2.05) is 24.3 Å². The van der Waals surface area contributed by atoms with Crippen molar-refractivity contribution < 1.29 is 14.3 Å². The topological polar surface area (TPSA) is 47.6 Å². The molecule has 106 valence electrons. The third kappa shape index (κ3) is 4.24. The molecule has 1 amide bonds. The molecule has 1 rings (SSSR count). The zero-order valence-corrected chi connectivity index (χ0v) is 12.3. The van der Waals surface area contributed by atoms with Gasteiger partial charge in [-0.3, -0.25) is 4.79 Å². The molecule has 4 nitrogen and oxygen atoms in total. The largest absolute Gasteiger partial charge is 0.497 e. The molecule has 0 bridgehead atoms. The lowest BCUT2D eigenvalue weighted by atomic mass is 9.95. The molecule has 0 radical (unpaired) electrons. The predicted octanol–water partition coefficient (Wildman–Crippen LogP) is 2.54. The average Bonchev–Trinajstić information content (AvgIpc) is 2.43. The summed E-state index contributed by atoms with van der Waals surface area (Å²) in [6, 6.07) is 7.71. The molecule has 0 aliphatic rings. The summed E-state index contributed by atoms with van der Waals surface area (Å²) in [5, 5.41) is 3.02. The second-order valence-corrected chi connectivity index (χ2v) is 4.88. The average molecular weight is 265 g/mol. The van der Waals surface area contributed by atoms with Crippen molar-refractivity contribution in [3.63, 3.8) is 0 Å². The van der Waals surface area contributed by atoms with Crippen LogP contribution in [0.25, 0.3) is 0 Å². The van der Waals surface area contributed by atoms with Gasteiger partial charge in [0.2, 0.25) is 5.91 Å². The van der Waals surface area contributed by atoms with Gasteiger partial charge in [0.1, 0.15) is 11.9 Å². The van der Waals surface area contributed by atoms with Gasteiger partial charge < -0.3 is 14.8 Å². The van der Waals surface area contributed by atoms with E-state index < -0.39 is 6.10 Å². The van der Waals surface area contributed by atoms with Gasteiger partial charge in [-0.25, -0.2) is 0 Å². The van der Waals surface area contributed by atoms with E-state index in [1.165, 1.54) is 7.11 Å². The molecule has 1 N–H and O–H groups in total. The lowest BCUT2D eigenvalue weighted by Crippen LogP contribution is -2.38. The zero-order valence-electron chi connectivity index (χ0n) is 12.3. The van der Waals surface area contributed by atoms with Gasteiger partial charge >= 0.3 is 0 Å². The summed E-state index contributed by atoms with van der Waals surface area (Å²) < 4.78 is 10.2. The summed E-state index contributed by atoms with van der Waals surface area (Å²) in [7, 11) is 3.17. The Balaban J connectivity index is 2.84. The molecule has 0 aliphatic carbocycles. The highest BCUT2D eigenvalue weighted by atomic mass is 16.5. The number of rotatable bonds is 6. The fourth-order valence-electron chi connectivity index (χ4n) is 1.82. The first-order chi connectivity index (χ1) is 8.99. The van der Waals surface area contributed by atoms with Crippen molar-refractivity contribution in [2.75, 3.05) is 14.2 Å². The van der Waals surface area contributed by atoms with Gasteiger partial charge in [0.15, 0.2) is 0 Å². The highest BCUT2D eigenvalue weighted by Gasteiger charge is 2.21. The molecule has 4 heteroatoms. The minimum Gasteiger partial charge on any atom is -0.497 e. The monoisotopic (exact) mass is 265 g/mol. The number of nitrogens with one attached hydrogen (secondary N) is 1. The molecule has 0 unspecified atom stereocenters. The highest BCUT2D eigenvalue weighted by molar-refractivity contribution is 5.80. The molecule has 2 atom stereocenters. The minimum atomic E-state index is -0.445. The molecule has 0 aromatic heterocycles. The first-order valence-electron chi connectivity index (χ1n) is 6.46. The molecule has 0 spiro atoms. The van der Waals surface area contributed by atoms with Gasteiger partial charge in [-0.1, -0.05) is 26.0 Å². The van der Waals surface area contributed by atoms with Crippen LogP contribution in [0, 0.1) is 5.92 Å². The number of carbonyl (C=O) groups is 1. The Hall–Kier alpha value is -1.55. The quantitative estimate of drug-likeness (QED) is 0.860. The minimum absolute atomic E-state index is 0.0315.